The summed E-state index contributed by atoms with van der Waals surface area (Å²) in [4.78, 5) is 4.60. The number of fused-ring (bicyclic) bond motifs is 1. The van der Waals surface area contributed by atoms with Crippen LogP contribution in [0.15, 0.2) is 53.0 Å². The normalized spacial score (nSPS) is 11.0. The molecule has 0 aliphatic rings. The van der Waals surface area contributed by atoms with E-state index in [9.17, 15) is 0 Å². The largest absolute Gasteiger partial charge is 0.248 e. The molecular formula is C18H10BrClN2. The van der Waals surface area contributed by atoms with Crippen molar-refractivity contribution in [1.82, 2.24) is 4.98 Å². The maximum Gasteiger partial charge on any atom is 0.0997 e. The predicted molar refractivity (Wildman–Crippen MR) is 94.5 cm³/mol. The Morgan fingerprint density at radius 2 is 1.86 bits per heavy atom. The molecule has 0 saturated carbocycles. The number of halogens is 2. The van der Waals surface area contributed by atoms with Gasteiger partial charge in [-0.25, -0.2) is 4.98 Å². The highest BCUT2D eigenvalue weighted by Crippen LogP contribution is 2.21. The average molecular weight is 370 g/mol. The third-order valence-corrected chi connectivity index (χ3v) is 3.97. The van der Waals surface area contributed by atoms with E-state index in [1.165, 1.54) is 0 Å². The van der Waals surface area contributed by atoms with E-state index in [4.69, 9.17) is 16.9 Å². The lowest BCUT2D eigenvalue weighted by Crippen LogP contribution is -1.85. The first-order valence-electron chi connectivity index (χ1n) is 6.60. The second-order valence-electron chi connectivity index (χ2n) is 4.75. The fraction of sp³-hybridized carbons (Fsp3) is 0. The lowest BCUT2D eigenvalue weighted by molar-refractivity contribution is 1.37. The molecule has 2 nitrogen and oxygen atoms in total. The molecular weight excluding hydrogens is 360 g/mol. The number of pyridine rings is 1. The van der Waals surface area contributed by atoms with Crippen molar-refractivity contribution in [2.75, 3.05) is 0 Å². The van der Waals surface area contributed by atoms with Crippen LogP contribution in [-0.2, 0) is 0 Å². The van der Waals surface area contributed by atoms with Crippen molar-refractivity contribution in [2.24, 2.45) is 0 Å². The molecule has 0 aliphatic carbocycles. The van der Waals surface area contributed by atoms with Gasteiger partial charge in [-0.05, 0) is 48.0 Å². The zero-order valence-corrected chi connectivity index (χ0v) is 13.8. The molecule has 0 fully saturated rings. The molecule has 0 radical (unpaired) electrons. The first-order valence-corrected chi connectivity index (χ1v) is 7.77. The van der Waals surface area contributed by atoms with Gasteiger partial charge in [-0.15, -0.1) is 0 Å². The summed E-state index contributed by atoms with van der Waals surface area (Å²) >= 11 is 9.44. The standard InChI is InChI=1S/C18H10BrClN2/c19-15-5-1-12-3-7-17(22-18(12)10-15)8-4-13-9-16(20)6-2-14(13)11-21/h1-10H/b8-4+. The fourth-order valence-electron chi connectivity index (χ4n) is 2.15. The quantitative estimate of drug-likeness (QED) is 0.581. The van der Waals surface area contributed by atoms with E-state index < -0.39 is 0 Å². The SMILES string of the molecule is N#Cc1ccc(Cl)cc1/C=C/c1ccc2ccc(Br)cc2n1. The van der Waals surface area contributed by atoms with Crippen molar-refractivity contribution in [3.8, 4) is 6.07 Å². The highest BCUT2D eigenvalue weighted by molar-refractivity contribution is 9.10. The molecule has 1 heterocycles. The number of nitrogens with zero attached hydrogens (tertiary/aromatic N) is 2. The molecule has 0 atom stereocenters. The molecule has 0 bridgehead atoms. The van der Waals surface area contributed by atoms with Gasteiger partial charge in [-0.3, -0.25) is 0 Å². The van der Waals surface area contributed by atoms with Gasteiger partial charge in [0.15, 0.2) is 0 Å². The van der Waals surface area contributed by atoms with E-state index in [0.29, 0.717) is 10.6 Å². The topological polar surface area (TPSA) is 36.7 Å². The lowest BCUT2D eigenvalue weighted by Gasteiger charge is -2.01. The van der Waals surface area contributed by atoms with Gasteiger partial charge in [0.1, 0.15) is 0 Å². The van der Waals surface area contributed by atoms with Gasteiger partial charge in [-0.2, -0.15) is 5.26 Å². The smallest absolute Gasteiger partial charge is 0.0997 e. The van der Waals surface area contributed by atoms with Crippen LogP contribution in [-0.4, -0.2) is 4.98 Å². The van der Waals surface area contributed by atoms with E-state index in [-0.39, 0.29) is 0 Å². The summed E-state index contributed by atoms with van der Waals surface area (Å²) in [5.41, 5.74) is 3.12. The molecule has 3 aromatic rings. The zero-order valence-electron chi connectivity index (χ0n) is 11.4. The molecule has 0 amide bonds. The minimum atomic E-state index is 0.587. The van der Waals surface area contributed by atoms with Gasteiger partial charge < -0.3 is 0 Å². The summed E-state index contributed by atoms with van der Waals surface area (Å²) in [6, 6.07) is 17.3. The lowest BCUT2D eigenvalue weighted by atomic mass is 10.1. The van der Waals surface area contributed by atoms with Crippen LogP contribution in [0, 0.1) is 11.3 Å². The van der Waals surface area contributed by atoms with Crippen LogP contribution in [0.1, 0.15) is 16.8 Å². The molecule has 0 unspecified atom stereocenters. The van der Waals surface area contributed by atoms with Crippen molar-refractivity contribution in [1.29, 1.82) is 5.26 Å². The van der Waals surface area contributed by atoms with Gasteiger partial charge >= 0.3 is 0 Å². The third kappa shape index (κ3) is 3.19. The molecule has 4 heteroatoms. The highest BCUT2D eigenvalue weighted by Gasteiger charge is 2.01. The monoisotopic (exact) mass is 368 g/mol. The molecule has 0 spiro atoms. The molecule has 22 heavy (non-hydrogen) atoms. The molecule has 0 saturated heterocycles. The van der Waals surface area contributed by atoms with Crippen LogP contribution in [0.5, 0.6) is 0 Å². The number of hydrogen-bond acceptors (Lipinski definition) is 2. The third-order valence-electron chi connectivity index (χ3n) is 3.24. The Balaban J connectivity index is 1.99. The van der Waals surface area contributed by atoms with E-state index in [2.05, 4.69) is 27.0 Å². The van der Waals surface area contributed by atoms with Crippen molar-refractivity contribution < 1.29 is 0 Å². The highest BCUT2D eigenvalue weighted by atomic mass is 79.9. The minimum absolute atomic E-state index is 0.587. The maximum absolute atomic E-state index is 9.13. The van der Waals surface area contributed by atoms with E-state index >= 15 is 0 Å². The summed E-state index contributed by atoms with van der Waals surface area (Å²) in [6.45, 7) is 0. The summed E-state index contributed by atoms with van der Waals surface area (Å²) in [6.07, 6.45) is 3.74. The van der Waals surface area contributed by atoms with Crippen molar-refractivity contribution >= 4 is 50.6 Å². The van der Waals surface area contributed by atoms with Crippen LogP contribution in [0.3, 0.4) is 0 Å². The van der Waals surface area contributed by atoms with Gasteiger partial charge in [0, 0.05) is 14.9 Å². The molecule has 3 rings (SSSR count). The van der Waals surface area contributed by atoms with Gasteiger partial charge in [0.25, 0.3) is 0 Å². The van der Waals surface area contributed by atoms with Crippen LogP contribution in [0.2, 0.25) is 5.02 Å². The van der Waals surface area contributed by atoms with Crippen LogP contribution in [0.4, 0.5) is 0 Å². The summed E-state index contributed by atoms with van der Waals surface area (Å²) in [5, 5.41) is 10.8. The number of rotatable bonds is 2. The Kier molecular flexibility index (Phi) is 4.24. The Hall–Kier alpha value is -2.15. The average Bonchev–Trinajstić information content (AvgIpc) is 2.52. The Bertz CT molecular complexity index is 926. The van der Waals surface area contributed by atoms with Crippen LogP contribution >= 0.6 is 27.5 Å². The first kappa shape index (κ1) is 14.8. The number of benzene rings is 2. The van der Waals surface area contributed by atoms with Crippen LogP contribution < -0.4 is 0 Å². The van der Waals surface area contributed by atoms with Gasteiger partial charge in [0.2, 0.25) is 0 Å². The number of aromatic nitrogens is 1. The maximum atomic E-state index is 9.13. The van der Waals surface area contributed by atoms with Crippen molar-refractivity contribution in [3.05, 3.63) is 74.8 Å². The summed E-state index contributed by atoms with van der Waals surface area (Å²) in [5.74, 6) is 0. The van der Waals surface area contributed by atoms with E-state index in [1.807, 2.05) is 42.5 Å². The summed E-state index contributed by atoms with van der Waals surface area (Å²) < 4.78 is 0.996. The zero-order chi connectivity index (χ0) is 15.5. The molecule has 0 aliphatic heterocycles. The van der Waals surface area contributed by atoms with E-state index in [1.54, 1.807) is 18.2 Å². The Morgan fingerprint density at radius 1 is 1.05 bits per heavy atom. The minimum Gasteiger partial charge on any atom is -0.248 e. The number of nitriles is 1. The summed E-state index contributed by atoms with van der Waals surface area (Å²) in [7, 11) is 0. The predicted octanol–water partition coefficient (Wildman–Crippen LogP) is 5.69. The second kappa shape index (κ2) is 6.31. The molecule has 2 aromatic carbocycles. The number of hydrogen-bond donors (Lipinski definition) is 0. The molecule has 1 aromatic heterocycles. The Morgan fingerprint density at radius 3 is 2.68 bits per heavy atom. The van der Waals surface area contributed by atoms with Gasteiger partial charge in [0.05, 0.1) is 22.8 Å². The van der Waals surface area contributed by atoms with Crippen molar-refractivity contribution in [2.45, 2.75) is 0 Å². The Labute approximate surface area is 141 Å². The van der Waals surface area contributed by atoms with Crippen LogP contribution in [0.25, 0.3) is 23.1 Å². The second-order valence-corrected chi connectivity index (χ2v) is 6.10. The molecule has 106 valence electrons. The van der Waals surface area contributed by atoms with E-state index in [0.717, 1.165) is 26.6 Å². The fourth-order valence-corrected chi connectivity index (χ4v) is 2.68. The van der Waals surface area contributed by atoms with Crippen molar-refractivity contribution in [3.63, 3.8) is 0 Å². The molecule has 0 N–H and O–H groups in total. The first-order chi connectivity index (χ1) is 10.7. The van der Waals surface area contributed by atoms with Gasteiger partial charge in [-0.1, -0.05) is 45.7 Å².